The van der Waals surface area contributed by atoms with Gasteiger partial charge in [-0.2, -0.15) is 0 Å². The van der Waals surface area contributed by atoms with Crippen molar-refractivity contribution in [2.24, 2.45) is 0 Å². The minimum Gasteiger partial charge on any atom is -0.465 e. The van der Waals surface area contributed by atoms with Crippen LogP contribution < -0.4 is 5.32 Å². The number of carbonyl (C=O) groups is 1. The Labute approximate surface area is 100 Å². The Balaban J connectivity index is 2.11. The Bertz CT molecular complexity index is 389. The van der Waals surface area contributed by atoms with Crippen LogP contribution in [-0.4, -0.2) is 37.3 Å². The number of carbonyl (C=O) groups excluding carboxylic acids is 1. The highest BCUT2D eigenvalue weighted by molar-refractivity contribution is 5.95. The van der Waals surface area contributed by atoms with E-state index in [9.17, 15) is 4.79 Å². The van der Waals surface area contributed by atoms with Crippen LogP contribution in [0.25, 0.3) is 0 Å². The molecule has 0 saturated carbocycles. The molecule has 1 aromatic rings. The molecule has 1 N–H and O–H groups in total. The van der Waals surface area contributed by atoms with Gasteiger partial charge in [0.15, 0.2) is 0 Å². The molecule has 0 unspecified atom stereocenters. The Kier molecular flexibility index (Phi) is 3.93. The topological polar surface area (TPSA) is 60.5 Å². The normalized spacial score (nSPS) is 16.5. The number of hydrogen-bond acceptors (Lipinski definition) is 5. The lowest BCUT2D eigenvalue weighted by Crippen LogP contribution is -2.28. The van der Waals surface area contributed by atoms with Crippen LogP contribution in [0.4, 0.5) is 5.69 Å². The van der Waals surface area contributed by atoms with Gasteiger partial charge in [-0.3, -0.25) is 4.98 Å². The quantitative estimate of drug-likeness (QED) is 0.805. The number of ether oxygens (including phenoxy) is 2. The van der Waals surface area contributed by atoms with E-state index >= 15 is 0 Å². The number of nitrogens with one attached hydrogen (secondary N) is 1. The van der Waals surface area contributed by atoms with E-state index in [2.05, 4.69) is 10.3 Å². The Morgan fingerprint density at radius 2 is 2.29 bits per heavy atom. The third-order valence-electron chi connectivity index (χ3n) is 2.81. The van der Waals surface area contributed by atoms with Gasteiger partial charge in [-0.15, -0.1) is 0 Å². The Morgan fingerprint density at radius 3 is 3.00 bits per heavy atom. The van der Waals surface area contributed by atoms with Crippen LogP contribution in [0, 0.1) is 0 Å². The fourth-order valence-electron chi connectivity index (χ4n) is 1.86. The maximum absolute atomic E-state index is 11.6. The second kappa shape index (κ2) is 5.63. The first-order valence-electron chi connectivity index (χ1n) is 5.68. The molecular formula is C12H16N2O3. The summed E-state index contributed by atoms with van der Waals surface area (Å²) in [6.07, 6.45) is 5.12. The Morgan fingerprint density at radius 1 is 1.53 bits per heavy atom. The highest BCUT2D eigenvalue weighted by atomic mass is 16.5. The van der Waals surface area contributed by atoms with Crippen molar-refractivity contribution in [3.8, 4) is 0 Å². The molecule has 0 atom stereocenters. The van der Waals surface area contributed by atoms with Crippen LogP contribution in [0.3, 0.4) is 0 Å². The lowest BCUT2D eigenvalue weighted by molar-refractivity contribution is 0.0601. The van der Waals surface area contributed by atoms with Crippen molar-refractivity contribution in [3.05, 3.63) is 24.0 Å². The van der Waals surface area contributed by atoms with Crippen molar-refractivity contribution in [3.63, 3.8) is 0 Å². The summed E-state index contributed by atoms with van der Waals surface area (Å²) in [5.74, 6) is -0.345. The first-order valence-corrected chi connectivity index (χ1v) is 5.68. The first-order chi connectivity index (χ1) is 8.31. The highest BCUT2D eigenvalue weighted by Crippen LogP contribution is 2.19. The van der Waals surface area contributed by atoms with Crippen LogP contribution in [0.15, 0.2) is 18.5 Å². The van der Waals surface area contributed by atoms with Crippen molar-refractivity contribution in [2.75, 3.05) is 25.6 Å². The molecule has 0 aromatic carbocycles. The van der Waals surface area contributed by atoms with Gasteiger partial charge in [-0.25, -0.2) is 4.79 Å². The molecule has 1 saturated heterocycles. The summed E-state index contributed by atoms with van der Waals surface area (Å²) in [6, 6.07) is 1.99. The average molecular weight is 236 g/mol. The fourth-order valence-corrected chi connectivity index (χ4v) is 1.86. The van der Waals surface area contributed by atoms with Crippen molar-refractivity contribution in [1.82, 2.24) is 4.98 Å². The van der Waals surface area contributed by atoms with Crippen molar-refractivity contribution >= 4 is 11.7 Å². The van der Waals surface area contributed by atoms with Crippen molar-refractivity contribution in [2.45, 2.75) is 18.9 Å². The summed E-state index contributed by atoms with van der Waals surface area (Å²) in [6.45, 7) is 1.51. The second-order valence-electron chi connectivity index (χ2n) is 3.94. The summed E-state index contributed by atoms with van der Waals surface area (Å²) < 4.78 is 10.0. The SMILES string of the molecule is COC(=O)c1ccncc1NC1CCOCC1. The molecule has 0 spiro atoms. The van der Waals surface area contributed by atoms with Crippen LogP contribution in [0.1, 0.15) is 23.2 Å². The highest BCUT2D eigenvalue weighted by Gasteiger charge is 2.17. The van der Waals surface area contributed by atoms with Gasteiger partial charge in [0.2, 0.25) is 0 Å². The number of esters is 1. The zero-order valence-corrected chi connectivity index (χ0v) is 9.81. The van der Waals surface area contributed by atoms with Crippen LogP contribution in [0.5, 0.6) is 0 Å². The van der Waals surface area contributed by atoms with Crippen molar-refractivity contribution in [1.29, 1.82) is 0 Å². The van der Waals surface area contributed by atoms with E-state index in [0.29, 0.717) is 11.6 Å². The average Bonchev–Trinajstić information content (AvgIpc) is 2.40. The predicted octanol–water partition coefficient (Wildman–Crippen LogP) is 1.46. The smallest absolute Gasteiger partial charge is 0.340 e. The molecule has 92 valence electrons. The van der Waals surface area contributed by atoms with Gasteiger partial charge >= 0.3 is 5.97 Å². The standard InChI is InChI=1S/C12H16N2O3/c1-16-12(15)10-2-5-13-8-11(10)14-9-3-6-17-7-4-9/h2,5,8-9,14H,3-4,6-7H2,1H3. The molecule has 0 amide bonds. The second-order valence-corrected chi connectivity index (χ2v) is 3.94. The molecule has 17 heavy (non-hydrogen) atoms. The van der Waals surface area contributed by atoms with E-state index in [-0.39, 0.29) is 5.97 Å². The molecule has 5 nitrogen and oxygen atoms in total. The predicted molar refractivity (Wildman–Crippen MR) is 63.0 cm³/mol. The van der Waals surface area contributed by atoms with Gasteiger partial charge in [0.05, 0.1) is 24.6 Å². The van der Waals surface area contributed by atoms with E-state index in [0.717, 1.165) is 31.7 Å². The van der Waals surface area contributed by atoms with E-state index < -0.39 is 0 Å². The van der Waals surface area contributed by atoms with Crippen LogP contribution in [0.2, 0.25) is 0 Å². The Hall–Kier alpha value is -1.62. The summed E-state index contributed by atoms with van der Waals surface area (Å²) in [5.41, 5.74) is 1.25. The number of aromatic nitrogens is 1. The molecule has 2 rings (SSSR count). The van der Waals surface area contributed by atoms with Crippen LogP contribution in [-0.2, 0) is 9.47 Å². The molecule has 5 heteroatoms. The van der Waals surface area contributed by atoms with Gasteiger partial charge in [-0.1, -0.05) is 0 Å². The summed E-state index contributed by atoms with van der Waals surface area (Å²) in [7, 11) is 1.38. The molecule has 1 aliphatic heterocycles. The fraction of sp³-hybridized carbons (Fsp3) is 0.500. The minimum atomic E-state index is -0.345. The molecular weight excluding hydrogens is 220 g/mol. The molecule has 0 bridgehead atoms. The largest absolute Gasteiger partial charge is 0.465 e. The number of methoxy groups -OCH3 is 1. The van der Waals surface area contributed by atoms with Gasteiger partial charge in [0.1, 0.15) is 0 Å². The maximum atomic E-state index is 11.6. The van der Waals surface area contributed by atoms with E-state index in [1.807, 2.05) is 0 Å². The summed E-state index contributed by atoms with van der Waals surface area (Å²) >= 11 is 0. The molecule has 1 aliphatic rings. The van der Waals surface area contributed by atoms with Crippen LogP contribution >= 0.6 is 0 Å². The number of anilines is 1. The summed E-state index contributed by atoms with van der Waals surface area (Å²) in [5, 5.41) is 3.32. The van der Waals surface area contributed by atoms with Gasteiger partial charge in [-0.05, 0) is 18.9 Å². The molecule has 1 fully saturated rings. The zero-order chi connectivity index (χ0) is 12.1. The molecule has 1 aromatic heterocycles. The number of nitrogens with zero attached hydrogens (tertiary/aromatic N) is 1. The maximum Gasteiger partial charge on any atom is 0.340 e. The zero-order valence-electron chi connectivity index (χ0n) is 9.81. The number of rotatable bonds is 3. The first kappa shape index (κ1) is 11.9. The van der Waals surface area contributed by atoms with Gasteiger partial charge in [0, 0.05) is 25.5 Å². The third kappa shape index (κ3) is 2.94. The van der Waals surface area contributed by atoms with Gasteiger partial charge < -0.3 is 14.8 Å². The number of pyridine rings is 1. The monoisotopic (exact) mass is 236 g/mol. The van der Waals surface area contributed by atoms with E-state index in [1.54, 1.807) is 18.5 Å². The molecule has 2 heterocycles. The molecule has 0 aliphatic carbocycles. The molecule has 0 radical (unpaired) electrons. The minimum absolute atomic E-state index is 0.330. The van der Waals surface area contributed by atoms with E-state index in [1.165, 1.54) is 7.11 Å². The van der Waals surface area contributed by atoms with E-state index in [4.69, 9.17) is 9.47 Å². The van der Waals surface area contributed by atoms with Crippen molar-refractivity contribution < 1.29 is 14.3 Å². The third-order valence-corrected chi connectivity index (χ3v) is 2.81. The van der Waals surface area contributed by atoms with Gasteiger partial charge in [0.25, 0.3) is 0 Å². The number of hydrogen-bond donors (Lipinski definition) is 1. The summed E-state index contributed by atoms with van der Waals surface area (Å²) in [4.78, 5) is 15.6. The lowest BCUT2D eigenvalue weighted by atomic mass is 10.1. The lowest BCUT2D eigenvalue weighted by Gasteiger charge is -2.24.